The molecule has 1 aromatic heterocycles. The van der Waals surface area contributed by atoms with Crippen LogP contribution in [-0.4, -0.2) is 27.5 Å². The van der Waals surface area contributed by atoms with Gasteiger partial charge in [0.2, 0.25) is 5.91 Å². The highest BCUT2D eigenvalue weighted by atomic mass is 32.2. The number of hydrogen-bond acceptors (Lipinski definition) is 5. The van der Waals surface area contributed by atoms with Crippen molar-refractivity contribution in [1.82, 2.24) is 15.1 Å². The molecular weight excluding hydrogens is 322 g/mol. The Morgan fingerprint density at radius 1 is 1.48 bits per heavy atom. The monoisotopic (exact) mass is 339 g/mol. The highest BCUT2D eigenvalue weighted by molar-refractivity contribution is 8.02. The third-order valence-corrected chi connectivity index (χ3v) is 5.14. The lowest BCUT2D eigenvalue weighted by Gasteiger charge is -2.09. The lowest BCUT2D eigenvalue weighted by Crippen LogP contribution is -2.31. The summed E-state index contributed by atoms with van der Waals surface area (Å²) in [5.74, 6) is 0.0363. The van der Waals surface area contributed by atoms with Crippen molar-refractivity contribution in [3.63, 3.8) is 0 Å². The van der Waals surface area contributed by atoms with Crippen LogP contribution in [0.25, 0.3) is 5.69 Å². The molecule has 0 radical (unpaired) electrons. The van der Waals surface area contributed by atoms with Crippen molar-refractivity contribution in [2.45, 2.75) is 29.9 Å². The normalized spacial score (nSPS) is 12.1. The van der Waals surface area contributed by atoms with E-state index in [1.54, 1.807) is 4.68 Å². The molecule has 0 aliphatic carbocycles. The Balaban J connectivity index is 2.09. The van der Waals surface area contributed by atoms with Crippen LogP contribution in [0, 0.1) is 3.95 Å². The number of nitrogens with one attached hydrogen (secondary N) is 1. The molecule has 0 saturated carbocycles. The number of carbonyl (C=O) groups is 1. The molecule has 112 valence electrons. The maximum absolute atomic E-state index is 11.9. The van der Waals surface area contributed by atoms with Gasteiger partial charge in [-0.15, -0.1) is 5.10 Å². The Morgan fingerprint density at radius 3 is 2.86 bits per heavy atom. The average molecular weight is 340 g/mol. The van der Waals surface area contributed by atoms with Crippen molar-refractivity contribution in [3.8, 4) is 5.69 Å². The number of rotatable bonds is 6. The van der Waals surface area contributed by atoms with E-state index in [1.165, 1.54) is 23.1 Å². The van der Waals surface area contributed by atoms with Gasteiger partial charge in [0.15, 0.2) is 8.29 Å². The second kappa shape index (κ2) is 7.72. The Kier molecular flexibility index (Phi) is 5.96. The molecule has 1 unspecified atom stereocenters. The fourth-order valence-corrected chi connectivity index (χ4v) is 4.17. The number of benzene rings is 1. The van der Waals surface area contributed by atoms with Gasteiger partial charge in [0.05, 0.1) is 10.9 Å². The van der Waals surface area contributed by atoms with Crippen LogP contribution in [0.2, 0.25) is 0 Å². The smallest absolute Gasteiger partial charge is 0.233 e. The molecule has 0 saturated heterocycles. The molecule has 1 amide bonds. The lowest BCUT2D eigenvalue weighted by atomic mass is 10.3. The van der Waals surface area contributed by atoms with Crippen molar-refractivity contribution < 1.29 is 4.79 Å². The predicted molar refractivity (Wildman–Crippen MR) is 90.9 cm³/mol. The van der Waals surface area contributed by atoms with E-state index in [4.69, 9.17) is 12.2 Å². The van der Waals surface area contributed by atoms with Crippen LogP contribution >= 0.6 is 35.3 Å². The maximum Gasteiger partial charge on any atom is 0.233 e. The van der Waals surface area contributed by atoms with E-state index in [-0.39, 0.29) is 11.2 Å². The summed E-state index contributed by atoms with van der Waals surface area (Å²) >= 11 is 8.22. The molecule has 2 rings (SSSR count). The molecule has 1 aromatic carbocycles. The number of hydrogen-bond donors (Lipinski definition) is 1. The van der Waals surface area contributed by atoms with Crippen molar-refractivity contribution >= 4 is 41.2 Å². The molecule has 0 spiro atoms. The number of para-hydroxylation sites is 1. The summed E-state index contributed by atoms with van der Waals surface area (Å²) in [4.78, 5) is 11.9. The summed E-state index contributed by atoms with van der Waals surface area (Å²) in [5, 5.41) is 7.21. The molecule has 0 aliphatic rings. The minimum absolute atomic E-state index is 0.0363. The van der Waals surface area contributed by atoms with Gasteiger partial charge in [-0.25, -0.2) is 4.68 Å². The van der Waals surface area contributed by atoms with E-state index >= 15 is 0 Å². The van der Waals surface area contributed by atoms with Gasteiger partial charge in [-0.1, -0.05) is 48.2 Å². The van der Waals surface area contributed by atoms with Crippen LogP contribution in [0.5, 0.6) is 0 Å². The average Bonchev–Trinajstić information content (AvgIpc) is 2.86. The Morgan fingerprint density at radius 2 is 2.19 bits per heavy atom. The van der Waals surface area contributed by atoms with E-state index in [2.05, 4.69) is 10.4 Å². The van der Waals surface area contributed by atoms with Gasteiger partial charge in [-0.3, -0.25) is 4.79 Å². The molecule has 0 bridgehead atoms. The predicted octanol–water partition coefficient (Wildman–Crippen LogP) is 3.67. The Labute approximate surface area is 137 Å². The Bertz CT molecular complexity index is 651. The van der Waals surface area contributed by atoms with Crippen molar-refractivity contribution in [2.24, 2.45) is 0 Å². The summed E-state index contributed by atoms with van der Waals surface area (Å²) in [5.41, 5.74) is 0.939. The van der Waals surface area contributed by atoms with Gasteiger partial charge >= 0.3 is 0 Å². The zero-order valence-corrected chi connectivity index (χ0v) is 14.4. The van der Waals surface area contributed by atoms with Gasteiger partial charge in [0, 0.05) is 6.54 Å². The minimum atomic E-state index is -0.179. The third kappa shape index (κ3) is 4.39. The summed E-state index contributed by atoms with van der Waals surface area (Å²) in [7, 11) is 0. The fraction of sp³-hybridized carbons (Fsp3) is 0.357. The first-order chi connectivity index (χ1) is 10.1. The number of carbonyl (C=O) groups excluding carboxylic acids is 1. The van der Waals surface area contributed by atoms with Crippen LogP contribution in [0.4, 0.5) is 0 Å². The standard InChI is InChI=1S/C14H17N3OS3/c1-3-9-15-12(18)10(2)20-13-16-17(14(19)21-13)11-7-5-4-6-8-11/h4-8,10H,3,9H2,1-2H3,(H,15,18). The van der Waals surface area contributed by atoms with Crippen molar-refractivity contribution in [1.29, 1.82) is 0 Å². The second-order valence-corrected chi connectivity index (χ2v) is 7.64. The zero-order valence-electron chi connectivity index (χ0n) is 11.9. The molecular formula is C14H17N3OS3. The SMILES string of the molecule is CCCNC(=O)C(C)Sc1nn(-c2ccccc2)c(=S)s1. The molecule has 1 N–H and O–H groups in total. The molecule has 21 heavy (non-hydrogen) atoms. The summed E-state index contributed by atoms with van der Waals surface area (Å²) < 4.78 is 3.23. The first-order valence-electron chi connectivity index (χ1n) is 6.71. The molecule has 0 aliphatic heterocycles. The van der Waals surface area contributed by atoms with Crippen LogP contribution < -0.4 is 5.32 Å². The Hall–Kier alpha value is -1.18. The second-order valence-electron chi connectivity index (χ2n) is 4.43. The van der Waals surface area contributed by atoms with E-state index in [1.807, 2.05) is 44.2 Å². The van der Waals surface area contributed by atoms with Crippen LogP contribution in [0.1, 0.15) is 20.3 Å². The minimum Gasteiger partial charge on any atom is -0.355 e. The molecule has 0 fully saturated rings. The largest absolute Gasteiger partial charge is 0.355 e. The number of amides is 1. The van der Waals surface area contributed by atoms with Gasteiger partial charge in [-0.05, 0) is 37.7 Å². The molecule has 4 nitrogen and oxygen atoms in total. The number of aromatic nitrogens is 2. The summed E-state index contributed by atoms with van der Waals surface area (Å²) in [6, 6.07) is 9.77. The van der Waals surface area contributed by atoms with Crippen molar-refractivity contribution in [2.75, 3.05) is 6.54 Å². The van der Waals surface area contributed by atoms with Crippen molar-refractivity contribution in [3.05, 3.63) is 34.3 Å². The van der Waals surface area contributed by atoms with E-state index < -0.39 is 0 Å². The quantitative estimate of drug-likeness (QED) is 0.644. The van der Waals surface area contributed by atoms with E-state index in [0.29, 0.717) is 10.5 Å². The highest BCUT2D eigenvalue weighted by Crippen LogP contribution is 2.27. The van der Waals surface area contributed by atoms with Crippen LogP contribution in [0.3, 0.4) is 0 Å². The van der Waals surface area contributed by atoms with Gasteiger partial charge in [0.25, 0.3) is 0 Å². The molecule has 7 heteroatoms. The number of nitrogens with zero attached hydrogens (tertiary/aromatic N) is 2. The molecule has 1 heterocycles. The van der Waals surface area contributed by atoms with Crippen LogP contribution in [0.15, 0.2) is 34.7 Å². The molecule has 2 aromatic rings. The van der Waals surface area contributed by atoms with E-state index in [0.717, 1.165) is 16.4 Å². The van der Waals surface area contributed by atoms with Gasteiger partial charge < -0.3 is 5.32 Å². The lowest BCUT2D eigenvalue weighted by molar-refractivity contribution is -0.120. The molecule has 1 atom stereocenters. The van der Waals surface area contributed by atoms with Crippen LogP contribution in [-0.2, 0) is 4.79 Å². The zero-order chi connectivity index (χ0) is 15.2. The van der Waals surface area contributed by atoms with E-state index in [9.17, 15) is 4.79 Å². The summed E-state index contributed by atoms with van der Waals surface area (Å²) in [6.07, 6.45) is 0.935. The maximum atomic E-state index is 11.9. The third-order valence-electron chi connectivity index (χ3n) is 2.73. The number of thioether (sulfide) groups is 1. The first kappa shape index (κ1) is 16.2. The highest BCUT2D eigenvalue weighted by Gasteiger charge is 2.16. The first-order valence-corrected chi connectivity index (χ1v) is 8.82. The topological polar surface area (TPSA) is 46.9 Å². The van der Waals surface area contributed by atoms with Gasteiger partial charge in [-0.2, -0.15) is 0 Å². The fourth-order valence-electron chi connectivity index (χ4n) is 1.64. The van der Waals surface area contributed by atoms with Gasteiger partial charge in [0.1, 0.15) is 0 Å². The summed E-state index contributed by atoms with van der Waals surface area (Å²) in [6.45, 7) is 4.62.